The van der Waals surface area contributed by atoms with Crippen LogP contribution in [0.15, 0.2) is 30.3 Å². The topological polar surface area (TPSA) is 79.3 Å². The molecule has 0 bridgehead atoms. The lowest BCUT2D eigenvalue weighted by Crippen LogP contribution is -2.38. The Morgan fingerprint density at radius 1 is 1.25 bits per heavy atom. The van der Waals surface area contributed by atoms with Gasteiger partial charge in [-0.05, 0) is 18.6 Å². The van der Waals surface area contributed by atoms with Crippen LogP contribution in [-0.2, 0) is 4.79 Å². The van der Waals surface area contributed by atoms with Crippen molar-refractivity contribution in [2.24, 2.45) is 5.92 Å². The van der Waals surface area contributed by atoms with Crippen molar-refractivity contribution in [2.45, 2.75) is 19.5 Å². The van der Waals surface area contributed by atoms with Crippen molar-refractivity contribution >= 4 is 22.8 Å². The van der Waals surface area contributed by atoms with Crippen molar-refractivity contribution in [3.05, 3.63) is 41.6 Å². The highest BCUT2D eigenvalue weighted by Gasteiger charge is 2.41. The van der Waals surface area contributed by atoms with E-state index >= 15 is 0 Å². The van der Waals surface area contributed by atoms with Gasteiger partial charge in [-0.3, -0.25) is 9.59 Å². The molecule has 0 fully saturated rings. The summed E-state index contributed by atoms with van der Waals surface area (Å²) in [6.07, 6.45) is -5.81. The molecule has 2 N–H and O–H groups in total. The second-order valence-electron chi connectivity index (χ2n) is 5.39. The SMILES string of the molecule is Cc1cccc2ccc(C(=O)NCC(CC(=O)O)C(F)(F)F)nc12. The molecule has 1 heterocycles. The van der Waals surface area contributed by atoms with Crippen LogP contribution in [0, 0.1) is 12.8 Å². The summed E-state index contributed by atoms with van der Waals surface area (Å²) in [5, 5.41) is 11.5. The average Bonchev–Trinajstić information content (AvgIpc) is 2.50. The van der Waals surface area contributed by atoms with Gasteiger partial charge in [-0.15, -0.1) is 0 Å². The maximum absolute atomic E-state index is 12.8. The summed E-state index contributed by atoms with van der Waals surface area (Å²) in [5.41, 5.74) is 1.40. The number of halogens is 3. The number of fused-ring (bicyclic) bond motifs is 1. The lowest BCUT2D eigenvalue weighted by Gasteiger charge is -2.18. The fraction of sp³-hybridized carbons (Fsp3) is 0.312. The van der Waals surface area contributed by atoms with E-state index in [1.54, 1.807) is 6.07 Å². The Labute approximate surface area is 135 Å². The first-order valence-corrected chi connectivity index (χ1v) is 7.11. The zero-order valence-electron chi connectivity index (χ0n) is 12.7. The zero-order valence-corrected chi connectivity index (χ0v) is 12.7. The number of carbonyl (C=O) groups is 2. The molecule has 0 saturated heterocycles. The molecule has 1 aromatic heterocycles. The number of aliphatic carboxylic acids is 1. The lowest BCUT2D eigenvalue weighted by atomic mass is 10.1. The van der Waals surface area contributed by atoms with Crippen LogP contribution >= 0.6 is 0 Å². The van der Waals surface area contributed by atoms with Gasteiger partial charge in [0.25, 0.3) is 5.91 Å². The maximum atomic E-state index is 12.8. The second kappa shape index (κ2) is 6.86. The number of amides is 1. The van der Waals surface area contributed by atoms with Crippen molar-refractivity contribution in [2.75, 3.05) is 6.54 Å². The molecule has 5 nitrogen and oxygen atoms in total. The number of carboxylic acids is 1. The van der Waals surface area contributed by atoms with E-state index in [9.17, 15) is 22.8 Å². The second-order valence-corrected chi connectivity index (χ2v) is 5.39. The van der Waals surface area contributed by atoms with E-state index in [4.69, 9.17) is 5.11 Å². The Bertz CT molecular complexity index is 775. The summed E-state index contributed by atoms with van der Waals surface area (Å²) < 4.78 is 38.3. The third-order valence-electron chi connectivity index (χ3n) is 3.55. The molecule has 8 heteroatoms. The summed E-state index contributed by atoms with van der Waals surface area (Å²) >= 11 is 0. The van der Waals surface area contributed by atoms with E-state index < -0.39 is 36.9 Å². The fourth-order valence-electron chi connectivity index (χ4n) is 2.24. The first-order chi connectivity index (χ1) is 11.2. The number of pyridine rings is 1. The molecule has 0 aliphatic heterocycles. The highest BCUT2D eigenvalue weighted by atomic mass is 19.4. The number of nitrogens with zero attached hydrogens (tertiary/aromatic N) is 1. The first kappa shape index (κ1) is 17.7. The van der Waals surface area contributed by atoms with Crippen molar-refractivity contribution in [1.82, 2.24) is 10.3 Å². The summed E-state index contributed by atoms with van der Waals surface area (Å²) in [7, 11) is 0. The van der Waals surface area contributed by atoms with Crippen LogP contribution in [0.3, 0.4) is 0 Å². The predicted molar refractivity (Wildman–Crippen MR) is 80.6 cm³/mol. The maximum Gasteiger partial charge on any atom is 0.394 e. The molecule has 0 saturated carbocycles. The zero-order chi connectivity index (χ0) is 17.9. The molecule has 0 spiro atoms. The van der Waals surface area contributed by atoms with Crippen LogP contribution in [0.1, 0.15) is 22.5 Å². The molecule has 2 rings (SSSR count). The Kier molecular flexibility index (Phi) is 5.06. The number of carboxylic acid groups (broad SMARTS) is 1. The van der Waals surface area contributed by atoms with Gasteiger partial charge in [0, 0.05) is 11.9 Å². The van der Waals surface area contributed by atoms with Gasteiger partial charge < -0.3 is 10.4 Å². The van der Waals surface area contributed by atoms with E-state index in [2.05, 4.69) is 10.3 Å². The summed E-state index contributed by atoms with van der Waals surface area (Å²) in [6.45, 7) is 0.992. The Morgan fingerprint density at radius 3 is 2.58 bits per heavy atom. The minimum absolute atomic E-state index is 0.0203. The minimum Gasteiger partial charge on any atom is -0.481 e. The van der Waals surface area contributed by atoms with E-state index in [0.29, 0.717) is 5.52 Å². The molecule has 1 atom stereocenters. The van der Waals surface area contributed by atoms with Crippen LogP contribution in [0.25, 0.3) is 10.9 Å². The summed E-state index contributed by atoms with van der Waals surface area (Å²) in [4.78, 5) is 26.7. The largest absolute Gasteiger partial charge is 0.481 e. The number of rotatable bonds is 5. The Hall–Kier alpha value is -2.64. The van der Waals surface area contributed by atoms with E-state index in [1.165, 1.54) is 6.07 Å². The van der Waals surface area contributed by atoms with Crippen LogP contribution in [-0.4, -0.2) is 34.7 Å². The Morgan fingerprint density at radius 2 is 1.96 bits per heavy atom. The molecular weight excluding hydrogens is 325 g/mol. The number of carbonyl (C=O) groups excluding carboxylic acids is 1. The smallest absolute Gasteiger partial charge is 0.394 e. The molecule has 2 aromatic rings. The molecule has 1 amide bonds. The van der Waals surface area contributed by atoms with Gasteiger partial charge in [0.15, 0.2) is 0 Å². The quantitative estimate of drug-likeness (QED) is 0.877. The minimum atomic E-state index is -4.71. The van der Waals surface area contributed by atoms with Crippen molar-refractivity contribution in [3.63, 3.8) is 0 Å². The van der Waals surface area contributed by atoms with Crippen LogP contribution < -0.4 is 5.32 Å². The number of aryl methyl sites for hydroxylation is 1. The Balaban J connectivity index is 2.14. The van der Waals surface area contributed by atoms with Crippen molar-refractivity contribution in [3.8, 4) is 0 Å². The fourth-order valence-corrected chi connectivity index (χ4v) is 2.24. The molecule has 0 aliphatic rings. The van der Waals surface area contributed by atoms with Gasteiger partial charge in [0.05, 0.1) is 17.9 Å². The number of alkyl halides is 3. The number of aromatic nitrogens is 1. The van der Waals surface area contributed by atoms with Gasteiger partial charge in [0.1, 0.15) is 5.69 Å². The molecule has 128 valence electrons. The van der Waals surface area contributed by atoms with Gasteiger partial charge in [-0.25, -0.2) is 4.98 Å². The summed E-state index contributed by atoms with van der Waals surface area (Å²) in [6, 6.07) is 8.52. The van der Waals surface area contributed by atoms with E-state index in [0.717, 1.165) is 10.9 Å². The van der Waals surface area contributed by atoms with E-state index in [-0.39, 0.29) is 5.69 Å². The third kappa shape index (κ3) is 4.21. The lowest BCUT2D eigenvalue weighted by molar-refractivity contribution is -0.181. The number of para-hydroxylation sites is 1. The van der Waals surface area contributed by atoms with Gasteiger partial charge in [-0.1, -0.05) is 24.3 Å². The molecule has 1 aromatic carbocycles. The van der Waals surface area contributed by atoms with Gasteiger partial charge in [-0.2, -0.15) is 13.2 Å². The van der Waals surface area contributed by atoms with Crippen molar-refractivity contribution < 1.29 is 27.9 Å². The van der Waals surface area contributed by atoms with Crippen molar-refractivity contribution in [1.29, 1.82) is 0 Å². The standard InChI is InChI=1S/C16H15F3N2O3/c1-9-3-2-4-10-5-6-12(21-14(9)10)15(24)20-8-11(7-13(22)23)16(17,18)19/h2-6,11H,7-8H2,1H3,(H,20,24)(H,22,23). The predicted octanol–water partition coefficient (Wildman–Crippen LogP) is 2.93. The van der Waals surface area contributed by atoms with Gasteiger partial charge >= 0.3 is 12.1 Å². The highest BCUT2D eigenvalue weighted by molar-refractivity contribution is 5.95. The average molecular weight is 340 g/mol. The van der Waals surface area contributed by atoms with Crippen LogP contribution in [0.4, 0.5) is 13.2 Å². The highest BCUT2D eigenvalue weighted by Crippen LogP contribution is 2.28. The van der Waals surface area contributed by atoms with Crippen LogP contribution in [0.2, 0.25) is 0 Å². The third-order valence-corrected chi connectivity index (χ3v) is 3.55. The van der Waals surface area contributed by atoms with Crippen LogP contribution in [0.5, 0.6) is 0 Å². The molecule has 1 unspecified atom stereocenters. The van der Waals surface area contributed by atoms with E-state index in [1.807, 2.05) is 25.1 Å². The molecule has 0 radical (unpaired) electrons. The number of nitrogens with one attached hydrogen (secondary N) is 1. The molecular formula is C16H15F3N2O3. The molecule has 24 heavy (non-hydrogen) atoms. The summed E-state index contributed by atoms with van der Waals surface area (Å²) in [5.74, 6) is -4.51. The number of hydrogen-bond acceptors (Lipinski definition) is 3. The number of benzene rings is 1. The molecule has 0 aliphatic carbocycles. The van der Waals surface area contributed by atoms with Gasteiger partial charge in [0.2, 0.25) is 0 Å². The number of hydrogen-bond donors (Lipinski definition) is 2. The normalized spacial score (nSPS) is 12.8. The first-order valence-electron chi connectivity index (χ1n) is 7.11. The monoisotopic (exact) mass is 340 g/mol.